The highest BCUT2D eigenvalue weighted by atomic mass is 32.1. The molecule has 0 aliphatic carbocycles. The molecule has 0 saturated carbocycles. The van der Waals surface area contributed by atoms with Crippen molar-refractivity contribution in [2.75, 3.05) is 5.32 Å². The number of fused-ring (bicyclic) bond motifs is 1. The summed E-state index contributed by atoms with van der Waals surface area (Å²) < 4.78 is 13.4. The topological polar surface area (TPSA) is 12.0 Å². The number of thiocarbonyl (C=S) groups is 1. The van der Waals surface area contributed by atoms with Crippen molar-refractivity contribution < 1.29 is 4.39 Å². The fraction of sp³-hybridized carbons (Fsp3) is 0.235. The molecule has 0 unspecified atom stereocenters. The molecule has 2 aromatic rings. The first-order chi connectivity index (χ1) is 9.45. The van der Waals surface area contributed by atoms with E-state index in [4.69, 9.17) is 12.2 Å². The van der Waals surface area contributed by atoms with Crippen LogP contribution in [-0.2, 0) is 5.41 Å². The minimum absolute atomic E-state index is 0.000994. The molecule has 2 aromatic carbocycles. The zero-order chi connectivity index (χ0) is 14.3. The molecule has 3 rings (SSSR count). The Balaban J connectivity index is 2.12. The summed E-state index contributed by atoms with van der Waals surface area (Å²) in [4.78, 5) is 0.876. The Morgan fingerprint density at radius 2 is 1.85 bits per heavy atom. The molecule has 3 heteroatoms. The first-order valence-electron chi connectivity index (χ1n) is 6.66. The molecule has 102 valence electrons. The molecule has 0 fully saturated rings. The zero-order valence-electron chi connectivity index (χ0n) is 11.5. The Kier molecular flexibility index (Phi) is 3.09. The average molecular weight is 285 g/mol. The number of benzene rings is 2. The number of nitrogens with one attached hydrogen (secondary N) is 1. The van der Waals surface area contributed by atoms with Gasteiger partial charge in [0.05, 0.1) is 4.99 Å². The molecule has 0 amide bonds. The summed E-state index contributed by atoms with van der Waals surface area (Å²) in [6.07, 6.45) is 0.835. The molecule has 20 heavy (non-hydrogen) atoms. The fourth-order valence-electron chi connectivity index (χ4n) is 2.75. The smallest absolute Gasteiger partial charge is 0.123 e. The Labute approximate surface area is 123 Å². The van der Waals surface area contributed by atoms with E-state index in [9.17, 15) is 4.39 Å². The molecule has 0 aromatic heterocycles. The van der Waals surface area contributed by atoms with Crippen molar-refractivity contribution in [1.29, 1.82) is 0 Å². The van der Waals surface area contributed by atoms with Crippen LogP contribution in [0.5, 0.6) is 0 Å². The minimum Gasteiger partial charge on any atom is -0.350 e. The number of anilines is 1. The first-order valence-corrected chi connectivity index (χ1v) is 7.07. The van der Waals surface area contributed by atoms with Gasteiger partial charge in [-0.1, -0.05) is 44.3 Å². The van der Waals surface area contributed by atoms with E-state index >= 15 is 0 Å². The number of rotatable bonds is 1. The molecule has 0 bridgehead atoms. The minimum atomic E-state index is -0.209. The molecular formula is C17H16FNS. The summed E-state index contributed by atoms with van der Waals surface area (Å²) in [7, 11) is 0. The maximum atomic E-state index is 13.4. The molecule has 1 N–H and O–H groups in total. The van der Waals surface area contributed by atoms with Crippen molar-refractivity contribution in [1.82, 2.24) is 0 Å². The van der Waals surface area contributed by atoms with Crippen LogP contribution in [0.3, 0.4) is 0 Å². The summed E-state index contributed by atoms with van der Waals surface area (Å²) in [6, 6.07) is 12.9. The third kappa shape index (κ3) is 2.34. The van der Waals surface area contributed by atoms with Gasteiger partial charge < -0.3 is 5.32 Å². The van der Waals surface area contributed by atoms with Crippen LogP contribution in [0.1, 0.15) is 25.8 Å². The summed E-state index contributed by atoms with van der Waals surface area (Å²) in [5.41, 5.74) is 4.23. The van der Waals surface area contributed by atoms with E-state index < -0.39 is 0 Å². The van der Waals surface area contributed by atoms with Crippen LogP contribution in [0.25, 0.3) is 11.1 Å². The molecule has 0 radical (unpaired) electrons. The van der Waals surface area contributed by atoms with E-state index in [1.54, 1.807) is 12.1 Å². The second kappa shape index (κ2) is 4.67. The van der Waals surface area contributed by atoms with Crippen LogP contribution in [0.15, 0.2) is 42.5 Å². The van der Waals surface area contributed by atoms with Gasteiger partial charge in [0, 0.05) is 12.1 Å². The molecule has 1 aliphatic heterocycles. The second-order valence-corrected chi connectivity index (χ2v) is 6.37. The maximum Gasteiger partial charge on any atom is 0.123 e. The van der Waals surface area contributed by atoms with Gasteiger partial charge in [0.2, 0.25) is 0 Å². The number of halogens is 1. The number of hydrogen-bond donors (Lipinski definition) is 1. The van der Waals surface area contributed by atoms with Crippen LogP contribution in [0.2, 0.25) is 0 Å². The monoisotopic (exact) mass is 285 g/mol. The molecule has 0 spiro atoms. The zero-order valence-corrected chi connectivity index (χ0v) is 12.4. The Morgan fingerprint density at radius 3 is 2.60 bits per heavy atom. The van der Waals surface area contributed by atoms with Gasteiger partial charge in [-0.15, -0.1) is 0 Å². The van der Waals surface area contributed by atoms with Crippen molar-refractivity contribution in [2.24, 2.45) is 0 Å². The lowest BCUT2D eigenvalue weighted by molar-refractivity contribution is 0.547. The van der Waals surface area contributed by atoms with Crippen molar-refractivity contribution in [3.05, 3.63) is 53.8 Å². The molecule has 1 nitrogen and oxygen atoms in total. The van der Waals surface area contributed by atoms with Crippen LogP contribution in [-0.4, -0.2) is 4.99 Å². The van der Waals surface area contributed by atoms with Crippen LogP contribution in [0.4, 0.5) is 10.1 Å². The molecular weight excluding hydrogens is 269 g/mol. The quantitative estimate of drug-likeness (QED) is 0.747. The highest BCUT2D eigenvalue weighted by Crippen LogP contribution is 2.39. The van der Waals surface area contributed by atoms with E-state index in [0.717, 1.165) is 28.2 Å². The molecule has 0 atom stereocenters. The van der Waals surface area contributed by atoms with E-state index in [2.05, 4.69) is 25.2 Å². The van der Waals surface area contributed by atoms with Crippen molar-refractivity contribution >= 4 is 22.9 Å². The lowest BCUT2D eigenvalue weighted by atomic mass is 9.77. The van der Waals surface area contributed by atoms with E-state index in [1.165, 1.54) is 11.6 Å². The van der Waals surface area contributed by atoms with E-state index in [1.807, 2.05) is 18.2 Å². The second-order valence-electron chi connectivity index (χ2n) is 5.88. The van der Waals surface area contributed by atoms with Crippen molar-refractivity contribution in [2.45, 2.75) is 25.7 Å². The summed E-state index contributed by atoms with van der Waals surface area (Å²) in [6.45, 7) is 4.38. The van der Waals surface area contributed by atoms with Gasteiger partial charge in [-0.05, 0) is 46.4 Å². The van der Waals surface area contributed by atoms with Gasteiger partial charge in [0.1, 0.15) is 5.82 Å². The Bertz CT molecular complexity index is 691. The predicted octanol–water partition coefficient (Wildman–Crippen LogP) is 4.91. The van der Waals surface area contributed by atoms with E-state index in [0.29, 0.717) is 0 Å². The highest BCUT2D eigenvalue weighted by Gasteiger charge is 2.30. The summed E-state index contributed by atoms with van der Waals surface area (Å²) >= 11 is 5.31. The third-order valence-corrected chi connectivity index (χ3v) is 4.03. The fourth-order valence-corrected chi connectivity index (χ4v) is 3.22. The third-order valence-electron chi connectivity index (χ3n) is 3.78. The van der Waals surface area contributed by atoms with Crippen LogP contribution < -0.4 is 5.32 Å². The predicted molar refractivity (Wildman–Crippen MR) is 85.7 cm³/mol. The van der Waals surface area contributed by atoms with Gasteiger partial charge in [-0.2, -0.15) is 0 Å². The van der Waals surface area contributed by atoms with Crippen molar-refractivity contribution in [3.8, 4) is 11.1 Å². The van der Waals surface area contributed by atoms with Crippen LogP contribution >= 0.6 is 12.2 Å². The van der Waals surface area contributed by atoms with E-state index in [-0.39, 0.29) is 11.2 Å². The number of hydrogen-bond acceptors (Lipinski definition) is 1. The van der Waals surface area contributed by atoms with Gasteiger partial charge >= 0.3 is 0 Å². The lowest BCUT2D eigenvalue weighted by Crippen LogP contribution is -2.31. The van der Waals surface area contributed by atoms with Gasteiger partial charge in [0.15, 0.2) is 0 Å². The van der Waals surface area contributed by atoms with Crippen LogP contribution in [0, 0.1) is 5.82 Å². The molecule has 1 aliphatic rings. The molecule has 1 heterocycles. The summed E-state index contributed by atoms with van der Waals surface area (Å²) in [5, 5.41) is 3.26. The lowest BCUT2D eigenvalue weighted by Gasteiger charge is -2.34. The maximum absolute atomic E-state index is 13.4. The van der Waals surface area contributed by atoms with Gasteiger partial charge in [0.25, 0.3) is 0 Å². The SMILES string of the molecule is CC1(C)CC(=S)Nc2ccc(-c3cccc(F)c3)cc21. The first kappa shape index (κ1) is 13.3. The largest absolute Gasteiger partial charge is 0.350 e. The Morgan fingerprint density at radius 1 is 1.10 bits per heavy atom. The molecule has 0 saturated heterocycles. The Hall–Kier alpha value is -1.74. The average Bonchev–Trinajstić information content (AvgIpc) is 2.37. The van der Waals surface area contributed by atoms with Gasteiger partial charge in [-0.3, -0.25) is 0 Å². The van der Waals surface area contributed by atoms with Crippen molar-refractivity contribution in [3.63, 3.8) is 0 Å². The highest BCUT2D eigenvalue weighted by molar-refractivity contribution is 7.80. The normalized spacial score (nSPS) is 16.4. The summed E-state index contributed by atoms with van der Waals surface area (Å²) in [5.74, 6) is -0.209. The van der Waals surface area contributed by atoms with Gasteiger partial charge in [-0.25, -0.2) is 4.39 Å². The standard InChI is InChI=1S/C17H16FNS/c1-17(2)10-16(20)19-15-7-6-12(9-14(15)17)11-4-3-5-13(18)8-11/h3-9H,10H2,1-2H3,(H,19,20).